The number of rotatable bonds is 5. The summed E-state index contributed by atoms with van der Waals surface area (Å²) in [5.74, 6) is 0.415. The van der Waals surface area contributed by atoms with Crippen molar-refractivity contribution in [2.75, 3.05) is 7.05 Å². The van der Waals surface area contributed by atoms with Gasteiger partial charge in [-0.3, -0.25) is 0 Å². The van der Waals surface area contributed by atoms with Crippen LogP contribution in [0.3, 0.4) is 0 Å². The number of halogens is 1. The summed E-state index contributed by atoms with van der Waals surface area (Å²) in [5, 5.41) is 3.28. The first kappa shape index (κ1) is 13.2. The molecule has 16 heavy (non-hydrogen) atoms. The summed E-state index contributed by atoms with van der Waals surface area (Å²) < 4.78 is 13.5. The van der Waals surface area contributed by atoms with Crippen LogP contribution in [0.15, 0.2) is 18.2 Å². The van der Waals surface area contributed by atoms with Crippen LogP contribution in [-0.4, -0.2) is 7.05 Å². The zero-order valence-corrected chi connectivity index (χ0v) is 10.7. The highest BCUT2D eigenvalue weighted by Crippen LogP contribution is 2.26. The third-order valence-electron chi connectivity index (χ3n) is 3.18. The Morgan fingerprint density at radius 2 is 2.06 bits per heavy atom. The van der Waals surface area contributed by atoms with E-state index < -0.39 is 0 Å². The van der Waals surface area contributed by atoms with E-state index in [1.807, 2.05) is 19.2 Å². The zero-order valence-electron chi connectivity index (χ0n) is 10.7. The monoisotopic (exact) mass is 223 g/mol. The molecule has 1 aromatic carbocycles. The second-order valence-electron chi connectivity index (χ2n) is 4.54. The van der Waals surface area contributed by atoms with Crippen molar-refractivity contribution in [2.24, 2.45) is 5.92 Å². The topological polar surface area (TPSA) is 12.0 Å². The maximum atomic E-state index is 13.5. The second-order valence-corrected chi connectivity index (χ2v) is 4.54. The molecule has 0 amide bonds. The predicted octanol–water partition coefficient (Wildman–Crippen LogP) is 3.83. The summed E-state index contributed by atoms with van der Waals surface area (Å²) in [6.45, 7) is 6.18. The van der Waals surface area contributed by atoms with E-state index in [2.05, 4.69) is 19.2 Å². The first-order chi connectivity index (χ1) is 7.60. The van der Waals surface area contributed by atoms with Crippen molar-refractivity contribution in [3.8, 4) is 0 Å². The highest BCUT2D eigenvalue weighted by molar-refractivity contribution is 5.26. The van der Waals surface area contributed by atoms with Crippen molar-refractivity contribution in [3.63, 3.8) is 0 Å². The Bertz CT molecular complexity index is 336. The molecule has 0 spiro atoms. The Morgan fingerprint density at radius 3 is 2.56 bits per heavy atom. The van der Waals surface area contributed by atoms with Gasteiger partial charge in [-0.1, -0.05) is 32.4 Å². The third kappa shape index (κ3) is 3.05. The Kier molecular flexibility index (Phi) is 4.94. The van der Waals surface area contributed by atoms with Crippen LogP contribution in [0.4, 0.5) is 4.39 Å². The zero-order chi connectivity index (χ0) is 12.1. The predicted molar refractivity (Wildman–Crippen MR) is 67.0 cm³/mol. The van der Waals surface area contributed by atoms with E-state index >= 15 is 0 Å². The van der Waals surface area contributed by atoms with E-state index in [0.29, 0.717) is 11.5 Å². The summed E-state index contributed by atoms with van der Waals surface area (Å²) in [6, 6.07) is 5.78. The van der Waals surface area contributed by atoms with Gasteiger partial charge in [0, 0.05) is 6.04 Å². The summed E-state index contributed by atoms with van der Waals surface area (Å²) in [4.78, 5) is 0. The minimum absolute atomic E-state index is 0.110. The van der Waals surface area contributed by atoms with Gasteiger partial charge in [-0.15, -0.1) is 0 Å². The molecular formula is C14H22FN. The van der Waals surface area contributed by atoms with Gasteiger partial charge in [0.15, 0.2) is 0 Å². The Hall–Kier alpha value is -0.890. The van der Waals surface area contributed by atoms with Crippen LogP contribution in [0.5, 0.6) is 0 Å². The van der Waals surface area contributed by atoms with Gasteiger partial charge in [0.2, 0.25) is 0 Å². The van der Waals surface area contributed by atoms with Crippen LogP contribution in [0.2, 0.25) is 0 Å². The highest BCUT2D eigenvalue weighted by Gasteiger charge is 2.17. The van der Waals surface area contributed by atoms with Crippen molar-refractivity contribution in [3.05, 3.63) is 35.1 Å². The summed E-state index contributed by atoms with van der Waals surface area (Å²) in [6.07, 6.45) is 2.31. The molecule has 1 aromatic rings. The number of hydrogen-bond donors (Lipinski definition) is 1. The van der Waals surface area contributed by atoms with Gasteiger partial charge in [0.05, 0.1) is 0 Å². The fourth-order valence-electron chi connectivity index (χ4n) is 2.20. The highest BCUT2D eigenvalue weighted by atomic mass is 19.1. The summed E-state index contributed by atoms with van der Waals surface area (Å²) >= 11 is 0. The molecule has 0 heterocycles. The molecule has 90 valence electrons. The quantitative estimate of drug-likeness (QED) is 0.800. The first-order valence-electron chi connectivity index (χ1n) is 6.03. The van der Waals surface area contributed by atoms with Crippen molar-refractivity contribution in [1.29, 1.82) is 0 Å². The van der Waals surface area contributed by atoms with E-state index in [4.69, 9.17) is 0 Å². The minimum Gasteiger partial charge on any atom is -0.313 e. The van der Waals surface area contributed by atoms with E-state index in [-0.39, 0.29) is 11.9 Å². The Morgan fingerprint density at radius 1 is 1.38 bits per heavy atom. The molecule has 0 aliphatic heterocycles. The minimum atomic E-state index is -0.110. The molecule has 0 bridgehead atoms. The fourth-order valence-corrected chi connectivity index (χ4v) is 2.20. The molecule has 2 heteroatoms. The normalized spacial score (nSPS) is 14.8. The molecule has 0 fully saturated rings. The van der Waals surface area contributed by atoms with Crippen LogP contribution in [0, 0.1) is 18.7 Å². The van der Waals surface area contributed by atoms with Gasteiger partial charge < -0.3 is 5.32 Å². The molecule has 1 nitrogen and oxygen atoms in total. The van der Waals surface area contributed by atoms with Crippen molar-refractivity contribution >= 4 is 0 Å². The molecule has 0 aliphatic rings. The maximum Gasteiger partial charge on any atom is 0.126 e. The second kappa shape index (κ2) is 6.00. The number of hydrogen-bond acceptors (Lipinski definition) is 1. The van der Waals surface area contributed by atoms with Gasteiger partial charge in [-0.05, 0) is 43.5 Å². The molecule has 0 aliphatic carbocycles. The molecule has 0 aromatic heterocycles. The molecule has 1 rings (SSSR count). The lowest BCUT2D eigenvalue weighted by molar-refractivity contribution is 0.382. The van der Waals surface area contributed by atoms with Gasteiger partial charge >= 0.3 is 0 Å². The van der Waals surface area contributed by atoms with Crippen molar-refractivity contribution in [1.82, 2.24) is 5.32 Å². The van der Waals surface area contributed by atoms with Gasteiger partial charge in [0.25, 0.3) is 0 Å². The molecular weight excluding hydrogens is 201 g/mol. The van der Waals surface area contributed by atoms with Crippen molar-refractivity contribution in [2.45, 2.75) is 39.7 Å². The lowest BCUT2D eigenvalue weighted by atomic mass is 9.90. The van der Waals surface area contributed by atoms with Crippen LogP contribution in [0.25, 0.3) is 0 Å². The average molecular weight is 223 g/mol. The molecule has 2 unspecified atom stereocenters. The molecule has 0 saturated carbocycles. The van der Waals surface area contributed by atoms with Crippen LogP contribution < -0.4 is 5.32 Å². The number of nitrogens with one attached hydrogen (secondary N) is 1. The lowest BCUT2D eigenvalue weighted by Crippen LogP contribution is -2.23. The summed E-state index contributed by atoms with van der Waals surface area (Å²) in [7, 11) is 1.94. The van der Waals surface area contributed by atoms with Crippen LogP contribution in [0.1, 0.15) is 43.9 Å². The van der Waals surface area contributed by atoms with Gasteiger partial charge in [-0.2, -0.15) is 0 Å². The average Bonchev–Trinajstić information content (AvgIpc) is 2.25. The van der Waals surface area contributed by atoms with Gasteiger partial charge in [0.1, 0.15) is 5.82 Å². The maximum absolute atomic E-state index is 13.5. The van der Waals surface area contributed by atoms with Gasteiger partial charge in [-0.25, -0.2) is 4.39 Å². The van der Waals surface area contributed by atoms with Crippen molar-refractivity contribution < 1.29 is 4.39 Å². The summed E-state index contributed by atoms with van der Waals surface area (Å²) in [5.41, 5.74) is 1.76. The van der Waals surface area contributed by atoms with E-state index in [1.54, 1.807) is 13.0 Å². The van der Waals surface area contributed by atoms with E-state index in [1.165, 1.54) is 0 Å². The molecule has 1 N–H and O–H groups in total. The number of aryl methyl sites for hydroxylation is 1. The smallest absolute Gasteiger partial charge is 0.126 e. The SMILES string of the molecule is CCCC(C)C(NC)c1ccc(C)c(F)c1. The first-order valence-corrected chi connectivity index (χ1v) is 6.03. The molecule has 0 saturated heterocycles. The largest absolute Gasteiger partial charge is 0.313 e. The Labute approximate surface area is 98.1 Å². The lowest BCUT2D eigenvalue weighted by Gasteiger charge is -2.24. The number of benzene rings is 1. The molecule has 2 atom stereocenters. The standard InChI is InChI=1S/C14H22FN/c1-5-6-11(3)14(16-4)12-8-7-10(2)13(15)9-12/h7-9,11,14,16H,5-6H2,1-4H3. The molecule has 0 radical (unpaired) electrons. The Balaban J connectivity index is 2.90. The van der Waals surface area contributed by atoms with E-state index in [0.717, 1.165) is 18.4 Å². The van der Waals surface area contributed by atoms with Crippen LogP contribution in [-0.2, 0) is 0 Å². The van der Waals surface area contributed by atoms with Crippen LogP contribution >= 0.6 is 0 Å². The fraction of sp³-hybridized carbons (Fsp3) is 0.571. The van der Waals surface area contributed by atoms with E-state index in [9.17, 15) is 4.39 Å². The third-order valence-corrected chi connectivity index (χ3v) is 3.18.